The van der Waals surface area contributed by atoms with E-state index in [1.807, 2.05) is 12.1 Å². The van der Waals surface area contributed by atoms with Gasteiger partial charge in [-0.3, -0.25) is 0 Å². The number of aryl methyl sites for hydroxylation is 1. The molecule has 0 aliphatic carbocycles. The van der Waals surface area contributed by atoms with Gasteiger partial charge in [-0.15, -0.1) is 0 Å². The second-order valence-electron chi connectivity index (χ2n) is 6.27. The summed E-state index contributed by atoms with van der Waals surface area (Å²) in [4.78, 5) is 0. The minimum Gasteiger partial charge on any atom is -0.494 e. The van der Waals surface area contributed by atoms with Crippen molar-refractivity contribution in [3.05, 3.63) is 54.1 Å². The zero-order chi connectivity index (χ0) is 16.5. The molecular formula is C20H28N2O. The van der Waals surface area contributed by atoms with Gasteiger partial charge in [-0.2, -0.15) is 0 Å². The predicted octanol–water partition coefficient (Wildman–Crippen LogP) is 4.94. The Bertz CT molecular complexity index is 561. The molecule has 0 aliphatic heterocycles. The third-order valence-corrected chi connectivity index (χ3v) is 3.65. The summed E-state index contributed by atoms with van der Waals surface area (Å²) in [5.74, 6) is 1.62. The maximum absolute atomic E-state index is 5.72. The molecule has 0 fully saturated rings. The molecule has 2 aromatic carbocycles. The van der Waals surface area contributed by atoms with Crippen molar-refractivity contribution < 1.29 is 4.74 Å². The van der Waals surface area contributed by atoms with E-state index in [4.69, 9.17) is 4.74 Å². The third-order valence-electron chi connectivity index (χ3n) is 3.65. The maximum atomic E-state index is 5.72. The van der Waals surface area contributed by atoms with Crippen molar-refractivity contribution in [1.29, 1.82) is 0 Å². The summed E-state index contributed by atoms with van der Waals surface area (Å²) in [6.07, 6.45) is 1.09. The Morgan fingerprint density at radius 2 is 1.35 bits per heavy atom. The molecular weight excluding hydrogens is 284 g/mol. The molecule has 0 heterocycles. The standard InChI is InChI=1S/C20H28N2O/c1-16(2)12-15-23-20-10-8-19(9-11-20)22-14-13-21-18-6-4-17(3)5-7-18/h4-11,16,21-22H,12-15H2,1-3H3. The van der Waals surface area contributed by atoms with Gasteiger partial charge in [-0.05, 0) is 55.7 Å². The lowest BCUT2D eigenvalue weighted by molar-refractivity contribution is 0.289. The normalized spacial score (nSPS) is 10.6. The molecule has 3 nitrogen and oxygen atoms in total. The largest absolute Gasteiger partial charge is 0.494 e. The summed E-state index contributed by atoms with van der Waals surface area (Å²) in [5, 5.41) is 6.81. The van der Waals surface area contributed by atoms with Crippen molar-refractivity contribution in [1.82, 2.24) is 0 Å². The second kappa shape index (κ2) is 9.09. The third kappa shape index (κ3) is 6.64. The number of anilines is 2. The Kier molecular flexibility index (Phi) is 6.79. The molecule has 0 spiro atoms. The van der Waals surface area contributed by atoms with Gasteiger partial charge in [-0.25, -0.2) is 0 Å². The van der Waals surface area contributed by atoms with Gasteiger partial charge in [0.05, 0.1) is 6.61 Å². The molecule has 2 rings (SSSR count). The van der Waals surface area contributed by atoms with E-state index < -0.39 is 0 Å². The van der Waals surface area contributed by atoms with Crippen LogP contribution < -0.4 is 15.4 Å². The van der Waals surface area contributed by atoms with E-state index in [1.165, 1.54) is 5.56 Å². The highest BCUT2D eigenvalue weighted by molar-refractivity contribution is 5.47. The SMILES string of the molecule is Cc1ccc(NCCNc2ccc(OCCC(C)C)cc2)cc1. The fourth-order valence-electron chi connectivity index (χ4n) is 2.17. The molecule has 3 heteroatoms. The molecule has 0 atom stereocenters. The lowest BCUT2D eigenvalue weighted by Crippen LogP contribution is -2.13. The lowest BCUT2D eigenvalue weighted by atomic mass is 10.1. The van der Waals surface area contributed by atoms with Crippen LogP contribution in [-0.4, -0.2) is 19.7 Å². The highest BCUT2D eigenvalue weighted by Gasteiger charge is 1.98. The van der Waals surface area contributed by atoms with E-state index in [2.05, 4.69) is 67.8 Å². The smallest absolute Gasteiger partial charge is 0.119 e. The highest BCUT2D eigenvalue weighted by Crippen LogP contribution is 2.16. The van der Waals surface area contributed by atoms with Crippen molar-refractivity contribution in [2.24, 2.45) is 5.92 Å². The van der Waals surface area contributed by atoms with Gasteiger partial charge in [0.2, 0.25) is 0 Å². The van der Waals surface area contributed by atoms with Crippen LogP contribution in [0.25, 0.3) is 0 Å². The van der Waals surface area contributed by atoms with Crippen LogP contribution in [0.5, 0.6) is 5.75 Å². The van der Waals surface area contributed by atoms with Crippen molar-refractivity contribution in [3.63, 3.8) is 0 Å². The van der Waals surface area contributed by atoms with E-state index in [-0.39, 0.29) is 0 Å². The number of hydrogen-bond donors (Lipinski definition) is 2. The summed E-state index contributed by atoms with van der Waals surface area (Å²) < 4.78 is 5.72. The first-order valence-corrected chi connectivity index (χ1v) is 8.41. The average molecular weight is 312 g/mol. The van der Waals surface area contributed by atoms with Crippen LogP contribution >= 0.6 is 0 Å². The van der Waals surface area contributed by atoms with Gasteiger partial charge in [0.25, 0.3) is 0 Å². The van der Waals surface area contributed by atoms with Gasteiger partial charge in [0.1, 0.15) is 5.75 Å². The van der Waals surface area contributed by atoms with E-state index in [0.29, 0.717) is 5.92 Å². The monoisotopic (exact) mass is 312 g/mol. The van der Waals surface area contributed by atoms with Gasteiger partial charge in [-0.1, -0.05) is 31.5 Å². The summed E-state index contributed by atoms with van der Waals surface area (Å²) in [7, 11) is 0. The Morgan fingerprint density at radius 1 is 0.826 bits per heavy atom. The molecule has 0 saturated carbocycles. The van der Waals surface area contributed by atoms with E-state index in [0.717, 1.165) is 43.2 Å². The first-order chi connectivity index (χ1) is 11.1. The Labute approximate surface area is 140 Å². The van der Waals surface area contributed by atoms with Crippen molar-refractivity contribution >= 4 is 11.4 Å². The second-order valence-corrected chi connectivity index (χ2v) is 6.27. The molecule has 0 aromatic heterocycles. The lowest BCUT2D eigenvalue weighted by Gasteiger charge is -2.11. The van der Waals surface area contributed by atoms with Crippen LogP contribution in [0.1, 0.15) is 25.8 Å². The molecule has 124 valence electrons. The summed E-state index contributed by atoms with van der Waals surface area (Å²) in [5.41, 5.74) is 3.56. The van der Waals surface area contributed by atoms with Gasteiger partial charge in [0, 0.05) is 24.5 Å². The molecule has 2 aromatic rings. The fourth-order valence-corrected chi connectivity index (χ4v) is 2.17. The van der Waals surface area contributed by atoms with Crippen molar-refractivity contribution in [2.75, 3.05) is 30.3 Å². The van der Waals surface area contributed by atoms with Crippen molar-refractivity contribution in [3.8, 4) is 5.75 Å². The average Bonchev–Trinajstić information content (AvgIpc) is 2.54. The predicted molar refractivity (Wildman–Crippen MR) is 99.6 cm³/mol. The summed E-state index contributed by atoms with van der Waals surface area (Å²) in [6.45, 7) is 9.06. The zero-order valence-corrected chi connectivity index (χ0v) is 14.4. The highest BCUT2D eigenvalue weighted by atomic mass is 16.5. The molecule has 0 radical (unpaired) electrons. The maximum Gasteiger partial charge on any atom is 0.119 e. The molecule has 0 unspecified atom stereocenters. The minimum atomic E-state index is 0.678. The first-order valence-electron chi connectivity index (χ1n) is 8.41. The van der Waals surface area contributed by atoms with Crippen LogP contribution in [0.4, 0.5) is 11.4 Å². The topological polar surface area (TPSA) is 33.3 Å². The van der Waals surface area contributed by atoms with Crippen LogP contribution in [0.2, 0.25) is 0 Å². The molecule has 0 amide bonds. The first kappa shape index (κ1) is 17.2. The van der Waals surface area contributed by atoms with Gasteiger partial charge >= 0.3 is 0 Å². The van der Waals surface area contributed by atoms with E-state index in [9.17, 15) is 0 Å². The molecule has 23 heavy (non-hydrogen) atoms. The summed E-state index contributed by atoms with van der Waals surface area (Å²) >= 11 is 0. The number of rotatable bonds is 9. The molecule has 0 aliphatic rings. The van der Waals surface area contributed by atoms with Crippen LogP contribution in [0, 0.1) is 12.8 Å². The molecule has 0 saturated heterocycles. The van der Waals surface area contributed by atoms with E-state index in [1.54, 1.807) is 0 Å². The van der Waals surface area contributed by atoms with Gasteiger partial charge < -0.3 is 15.4 Å². The number of nitrogens with one attached hydrogen (secondary N) is 2. The molecule has 0 bridgehead atoms. The number of benzene rings is 2. The quantitative estimate of drug-likeness (QED) is 0.643. The van der Waals surface area contributed by atoms with Gasteiger partial charge in [0.15, 0.2) is 0 Å². The fraction of sp³-hybridized carbons (Fsp3) is 0.400. The Balaban J connectivity index is 1.66. The summed E-state index contributed by atoms with van der Waals surface area (Å²) in [6, 6.07) is 16.6. The van der Waals surface area contributed by atoms with E-state index >= 15 is 0 Å². The number of hydrogen-bond acceptors (Lipinski definition) is 3. The Hall–Kier alpha value is -2.16. The van der Waals surface area contributed by atoms with Crippen molar-refractivity contribution in [2.45, 2.75) is 27.2 Å². The molecule has 2 N–H and O–H groups in total. The minimum absolute atomic E-state index is 0.678. The van der Waals surface area contributed by atoms with Crippen LogP contribution in [-0.2, 0) is 0 Å². The zero-order valence-electron chi connectivity index (χ0n) is 14.4. The van der Waals surface area contributed by atoms with Crippen LogP contribution in [0.3, 0.4) is 0 Å². The van der Waals surface area contributed by atoms with Crippen LogP contribution in [0.15, 0.2) is 48.5 Å². The number of ether oxygens (including phenoxy) is 1. The Morgan fingerprint density at radius 3 is 1.87 bits per heavy atom.